The lowest BCUT2D eigenvalue weighted by atomic mass is 10.1. The van der Waals surface area contributed by atoms with E-state index < -0.39 is 0 Å². The SMILES string of the molecule is C#CCC(CC)Nc1ccnc(OC)c1. The second kappa shape index (κ2) is 5.92. The van der Waals surface area contributed by atoms with Gasteiger partial charge in [-0.05, 0) is 12.5 Å². The molecule has 1 N–H and O–H groups in total. The van der Waals surface area contributed by atoms with Gasteiger partial charge in [-0.3, -0.25) is 0 Å². The molecule has 0 radical (unpaired) electrons. The second-order valence-corrected chi connectivity index (χ2v) is 3.24. The van der Waals surface area contributed by atoms with Gasteiger partial charge in [-0.2, -0.15) is 0 Å². The molecule has 0 aliphatic heterocycles. The molecule has 0 spiro atoms. The van der Waals surface area contributed by atoms with Gasteiger partial charge >= 0.3 is 0 Å². The zero-order chi connectivity index (χ0) is 11.1. The first kappa shape index (κ1) is 11.4. The molecule has 0 aliphatic carbocycles. The van der Waals surface area contributed by atoms with Crippen molar-refractivity contribution in [2.24, 2.45) is 0 Å². The van der Waals surface area contributed by atoms with E-state index in [1.54, 1.807) is 13.3 Å². The number of aromatic nitrogens is 1. The minimum absolute atomic E-state index is 0.308. The van der Waals surface area contributed by atoms with Crippen molar-refractivity contribution in [2.45, 2.75) is 25.8 Å². The average molecular weight is 204 g/mol. The van der Waals surface area contributed by atoms with Gasteiger partial charge in [-0.15, -0.1) is 12.3 Å². The molecule has 15 heavy (non-hydrogen) atoms. The molecule has 0 amide bonds. The van der Waals surface area contributed by atoms with Crippen LogP contribution in [0.2, 0.25) is 0 Å². The molecular weight excluding hydrogens is 188 g/mol. The summed E-state index contributed by atoms with van der Waals surface area (Å²) in [7, 11) is 1.60. The summed E-state index contributed by atoms with van der Waals surface area (Å²) >= 11 is 0. The monoisotopic (exact) mass is 204 g/mol. The number of nitrogens with one attached hydrogen (secondary N) is 1. The minimum Gasteiger partial charge on any atom is -0.481 e. The average Bonchev–Trinajstić information content (AvgIpc) is 2.29. The van der Waals surface area contributed by atoms with Crippen molar-refractivity contribution in [1.29, 1.82) is 0 Å². The van der Waals surface area contributed by atoms with Gasteiger partial charge in [0.2, 0.25) is 5.88 Å². The van der Waals surface area contributed by atoms with Gasteiger partial charge in [0.05, 0.1) is 7.11 Å². The van der Waals surface area contributed by atoms with Crippen LogP contribution in [0.1, 0.15) is 19.8 Å². The third-order valence-corrected chi connectivity index (χ3v) is 2.17. The van der Waals surface area contributed by atoms with Crippen LogP contribution in [0.5, 0.6) is 5.88 Å². The van der Waals surface area contributed by atoms with Crippen LogP contribution in [0.15, 0.2) is 18.3 Å². The predicted molar refractivity (Wildman–Crippen MR) is 61.9 cm³/mol. The fourth-order valence-corrected chi connectivity index (χ4v) is 1.29. The number of hydrogen-bond acceptors (Lipinski definition) is 3. The van der Waals surface area contributed by atoms with Crippen molar-refractivity contribution >= 4 is 5.69 Å². The van der Waals surface area contributed by atoms with E-state index in [9.17, 15) is 0 Å². The van der Waals surface area contributed by atoms with Crippen LogP contribution in [-0.4, -0.2) is 18.1 Å². The zero-order valence-corrected chi connectivity index (χ0v) is 9.16. The summed E-state index contributed by atoms with van der Waals surface area (Å²) in [5.74, 6) is 3.27. The Morgan fingerprint density at radius 3 is 3.07 bits per heavy atom. The lowest BCUT2D eigenvalue weighted by Gasteiger charge is -2.15. The molecule has 0 saturated heterocycles. The van der Waals surface area contributed by atoms with E-state index in [0.29, 0.717) is 11.9 Å². The molecule has 0 aromatic carbocycles. The van der Waals surface area contributed by atoms with Crippen molar-refractivity contribution < 1.29 is 4.74 Å². The minimum atomic E-state index is 0.308. The van der Waals surface area contributed by atoms with Gasteiger partial charge in [0.1, 0.15) is 0 Å². The summed E-state index contributed by atoms with van der Waals surface area (Å²) in [6, 6.07) is 4.07. The number of rotatable bonds is 5. The van der Waals surface area contributed by atoms with E-state index in [4.69, 9.17) is 11.2 Å². The highest BCUT2D eigenvalue weighted by Gasteiger charge is 2.04. The molecule has 1 aromatic heterocycles. The molecule has 0 bridgehead atoms. The largest absolute Gasteiger partial charge is 0.481 e. The van der Waals surface area contributed by atoms with Crippen LogP contribution < -0.4 is 10.1 Å². The molecule has 3 nitrogen and oxygen atoms in total. The third-order valence-electron chi connectivity index (χ3n) is 2.17. The Bertz CT molecular complexity index is 344. The summed E-state index contributed by atoms with van der Waals surface area (Å²) in [5, 5.41) is 3.34. The molecule has 0 aliphatic rings. The fourth-order valence-electron chi connectivity index (χ4n) is 1.29. The second-order valence-electron chi connectivity index (χ2n) is 3.24. The third kappa shape index (κ3) is 3.51. The van der Waals surface area contributed by atoms with Gasteiger partial charge < -0.3 is 10.1 Å². The molecule has 80 valence electrons. The van der Waals surface area contributed by atoms with Crippen LogP contribution >= 0.6 is 0 Å². The Morgan fingerprint density at radius 2 is 2.47 bits per heavy atom. The van der Waals surface area contributed by atoms with Gasteiger partial charge in [0.25, 0.3) is 0 Å². The van der Waals surface area contributed by atoms with Crippen LogP contribution in [0.3, 0.4) is 0 Å². The zero-order valence-electron chi connectivity index (χ0n) is 9.16. The normalized spacial score (nSPS) is 11.5. The van der Waals surface area contributed by atoms with Crippen molar-refractivity contribution in [3.8, 4) is 18.2 Å². The molecule has 1 unspecified atom stereocenters. The highest BCUT2D eigenvalue weighted by Crippen LogP contribution is 2.15. The van der Waals surface area contributed by atoms with Gasteiger partial charge in [-0.25, -0.2) is 4.98 Å². The smallest absolute Gasteiger partial charge is 0.214 e. The predicted octanol–water partition coefficient (Wildman–Crippen LogP) is 2.30. The van der Waals surface area contributed by atoms with Crippen molar-refractivity contribution in [3.05, 3.63) is 18.3 Å². The standard InChI is InChI=1S/C12H16N2O/c1-4-6-10(5-2)14-11-7-8-13-12(9-11)15-3/h1,7-10H,5-6H2,2-3H3,(H,13,14). The van der Waals surface area contributed by atoms with Crippen molar-refractivity contribution in [1.82, 2.24) is 4.98 Å². The topological polar surface area (TPSA) is 34.2 Å². The maximum Gasteiger partial charge on any atom is 0.214 e. The van der Waals surface area contributed by atoms with E-state index in [-0.39, 0.29) is 0 Å². The molecule has 1 rings (SSSR count). The number of anilines is 1. The Balaban J connectivity index is 2.66. The van der Waals surface area contributed by atoms with E-state index in [0.717, 1.165) is 18.5 Å². The lowest BCUT2D eigenvalue weighted by Crippen LogP contribution is -2.17. The van der Waals surface area contributed by atoms with Crippen molar-refractivity contribution in [2.75, 3.05) is 12.4 Å². The van der Waals surface area contributed by atoms with E-state index in [2.05, 4.69) is 23.1 Å². The van der Waals surface area contributed by atoms with Crippen LogP contribution in [0, 0.1) is 12.3 Å². The number of methoxy groups -OCH3 is 1. The molecule has 0 saturated carbocycles. The first-order valence-electron chi connectivity index (χ1n) is 5.00. The Kier molecular flexibility index (Phi) is 4.49. The quantitative estimate of drug-likeness (QED) is 0.747. The van der Waals surface area contributed by atoms with Crippen LogP contribution in [-0.2, 0) is 0 Å². The Labute approximate surface area is 90.9 Å². The number of terminal acetylenes is 1. The van der Waals surface area contributed by atoms with Gasteiger partial charge in [0.15, 0.2) is 0 Å². The first-order valence-corrected chi connectivity index (χ1v) is 5.00. The fraction of sp³-hybridized carbons (Fsp3) is 0.417. The Hall–Kier alpha value is -1.69. The Morgan fingerprint density at radius 1 is 1.67 bits per heavy atom. The lowest BCUT2D eigenvalue weighted by molar-refractivity contribution is 0.398. The summed E-state index contributed by atoms with van der Waals surface area (Å²) in [6.07, 6.45) is 8.72. The summed E-state index contributed by atoms with van der Waals surface area (Å²) in [6.45, 7) is 2.10. The summed E-state index contributed by atoms with van der Waals surface area (Å²) in [4.78, 5) is 4.03. The highest BCUT2D eigenvalue weighted by molar-refractivity contribution is 5.46. The molecular formula is C12H16N2O. The number of pyridine rings is 1. The summed E-state index contributed by atoms with van der Waals surface area (Å²) < 4.78 is 5.04. The molecule has 3 heteroatoms. The molecule has 1 aromatic rings. The van der Waals surface area contributed by atoms with Crippen LogP contribution in [0.4, 0.5) is 5.69 Å². The number of nitrogens with zero attached hydrogens (tertiary/aromatic N) is 1. The maximum atomic E-state index is 5.29. The molecule has 0 fully saturated rings. The van der Waals surface area contributed by atoms with E-state index in [1.807, 2.05) is 12.1 Å². The van der Waals surface area contributed by atoms with Gasteiger partial charge in [0, 0.05) is 30.4 Å². The molecule has 1 heterocycles. The highest BCUT2D eigenvalue weighted by atomic mass is 16.5. The number of hydrogen-bond donors (Lipinski definition) is 1. The van der Waals surface area contributed by atoms with Crippen LogP contribution in [0.25, 0.3) is 0 Å². The molecule has 1 atom stereocenters. The van der Waals surface area contributed by atoms with Crippen molar-refractivity contribution in [3.63, 3.8) is 0 Å². The first-order chi connectivity index (χ1) is 7.30. The summed E-state index contributed by atoms with van der Waals surface area (Å²) in [5.41, 5.74) is 0.990. The van der Waals surface area contributed by atoms with E-state index in [1.165, 1.54) is 0 Å². The number of ether oxygens (including phenoxy) is 1. The van der Waals surface area contributed by atoms with Gasteiger partial charge in [-0.1, -0.05) is 6.92 Å². The maximum absolute atomic E-state index is 5.29. The van der Waals surface area contributed by atoms with E-state index >= 15 is 0 Å².